The highest BCUT2D eigenvalue weighted by Gasteiger charge is 2.30. The van der Waals surface area contributed by atoms with Crippen LogP contribution in [0.1, 0.15) is 12.8 Å². The summed E-state index contributed by atoms with van der Waals surface area (Å²) in [5.41, 5.74) is 0. The van der Waals surface area contributed by atoms with Crippen molar-refractivity contribution in [1.29, 1.82) is 0 Å². The van der Waals surface area contributed by atoms with Gasteiger partial charge in [-0.3, -0.25) is 9.08 Å². The molecule has 2 atom stereocenters. The Morgan fingerprint density at radius 2 is 1.44 bits per heavy atom. The summed E-state index contributed by atoms with van der Waals surface area (Å²) in [6.07, 6.45) is 8.53. The van der Waals surface area contributed by atoms with Crippen LogP contribution in [0.3, 0.4) is 0 Å². The van der Waals surface area contributed by atoms with Gasteiger partial charge in [0.1, 0.15) is 19.6 Å². The van der Waals surface area contributed by atoms with E-state index >= 15 is 0 Å². The molecule has 0 heterocycles. The van der Waals surface area contributed by atoms with Gasteiger partial charge < -0.3 is 0 Å². The molecule has 0 N–H and O–H groups in total. The van der Waals surface area contributed by atoms with Gasteiger partial charge in [0.05, 0.1) is 18.6 Å². The van der Waals surface area contributed by atoms with Crippen molar-refractivity contribution in [1.82, 2.24) is 4.90 Å². The monoisotopic (exact) mass is 419 g/mol. The molecule has 0 aliphatic carbocycles. The third kappa shape index (κ3) is 12.2. The number of nitrogens with zero attached hydrogens (tertiary/aromatic N) is 2. The largest absolute Gasteiger partial charge is 0.296 e. The molecule has 0 aliphatic heterocycles. The van der Waals surface area contributed by atoms with Crippen LogP contribution in [0.25, 0.3) is 0 Å². The van der Waals surface area contributed by atoms with Crippen molar-refractivity contribution in [2.45, 2.75) is 12.8 Å². The van der Waals surface area contributed by atoms with E-state index in [0.29, 0.717) is 37.6 Å². The first-order valence-corrected chi connectivity index (χ1v) is 11.5. The van der Waals surface area contributed by atoms with E-state index in [0.717, 1.165) is 26.1 Å². The summed E-state index contributed by atoms with van der Waals surface area (Å²) in [6.45, 7) is 18.9. The van der Waals surface area contributed by atoms with Crippen LogP contribution >= 0.6 is 0 Å². The van der Waals surface area contributed by atoms with Crippen molar-refractivity contribution in [2.24, 2.45) is 0 Å². The second kappa shape index (κ2) is 16.1. The van der Waals surface area contributed by atoms with E-state index in [1.165, 1.54) is 7.11 Å². The number of hydrogen-bond donors (Lipinski definition) is 0. The van der Waals surface area contributed by atoms with Crippen molar-refractivity contribution in [3.63, 3.8) is 0 Å². The smallest absolute Gasteiger partial charge is 0.212 e. The Morgan fingerprint density at radius 1 is 0.889 bits per heavy atom. The Balaban J connectivity index is 4.72. The third-order valence-corrected chi connectivity index (χ3v) is 5.89. The van der Waals surface area contributed by atoms with Crippen LogP contribution in [0.15, 0.2) is 50.6 Å². The fourth-order valence-corrected chi connectivity index (χ4v) is 4.14. The highest BCUT2D eigenvalue weighted by molar-refractivity contribution is 7.80. The first kappa shape index (κ1) is 26.1. The summed E-state index contributed by atoms with van der Waals surface area (Å²) >= 11 is -2.75. The number of hydrogen-bond acceptors (Lipinski definition) is 5. The standard InChI is InChI=1S/C19H35N2O4S2/c1-6-12-20(13-7-2)14-10-18-27(23)25-21(15-8-3,16-9-4)17-11-19-26(22)24-5/h6-9H,1-4,10-19H2,5H3/q+1. The molecule has 0 radical (unpaired) electrons. The predicted molar refractivity (Wildman–Crippen MR) is 115 cm³/mol. The maximum Gasteiger partial charge on any atom is 0.212 e. The second-order valence-corrected chi connectivity index (χ2v) is 8.54. The molecule has 2 unspecified atom stereocenters. The van der Waals surface area contributed by atoms with Crippen LogP contribution in [0, 0.1) is 0 Å². The Bertz CT molecular complexity index is 492. The van der Waals surface area contributed by atoms with E-state index in [4.69, 9.17) is 8.47 Å². The van der Waals surface area contributed by atoms with Crippen molar-refractivity contribution < 1.29 is 21.5 Å². The van der Waals surface area contributed by atoms with Gasteiger partial charge in [-0.05, 0) is 25.1 Å². The maximum absolute atomic E-state index is 12.5. The summed E-state index contributed by atoms with van der Waals surface area (Å²) in [5, 5.41) is 0. The lowest BCUT2D eigenvalue weighted by Crippen LogP contribution is -2.49. The van der Waals surface area contributed by atoms with Crippen molar-refractivity contribution in [3.8, 4) is 0 Å². The lowest BCUT2D eigenvalue weighted by molar-refractivity contribution is -1.07. The topological polar surface area (TPSA) is 55.8 Å². The maximum atomic E-state index is 12.5. The van der Waals surface area contributed by atoms with Gasteiger partial charge in [0, 0.05) is 19.5 Å². The van der Waals surface area contributed by atoms with Crippen LogP contribution in [-0.4, -0.2) is 75.8 Å². The van der Waals surface area contributed by atoms with E-state index in [2.05, 4.69) is 31.2 Å². The fourth-order valence-electron chi connectivity index (χ4n) is 2.62. The molecule has 0 spiro atoms. The molecule has 6 nitrogen and oxygen atoms in total. The number of rotatable bonds is 19. The van der Waals surface area contributed by atoms with E-state index in [9.17, 15) is 8.42 Å². The zero-order chi connectivity index (χ0) is 20.5. The molecule has 0 amide bonds. The van der Waals surface area contributed by atoms with Crippen LogP contribution in [-0.2, 0) is 30.6 Å². The van der Waals surface area contributed by atoms with Gasteiger partial charge >= 0.3 is 0 Å². The quantitative estimate of drug-likeness (QED) is 0.183. The summed E-state index contributed by atoms with van der Waals surface area (Å²) in [7, 11) is 1.42. The molecule has 0 bridgehead atoms. The summed E-state index contributed by atoms with van der Waals surface area (Å²) in [5.74, 6) is 0.835. The molecule has 0 rings (SSSR count). The molecule has 0 aromatic heterocycles. The molecular formula is C19H35N2O4S2+. The molecule has 0 aliphatic rings. The lowest BCUT2D eigenvalue weighted by Gasteiger charge is -2.32. The molecule has 27 heavy (non-hydrogen) atoms. The fraction of sp³-hybridized carbons (Fsp3) is 0.579. The zero-order valence-electron chi connectivity index (χ0n) is 16.6. The molecule has 0 saturated carbocycles. The number of quaternary nitrogens is 1. The normalized spacial score (nSPS) is 13.9. The minimum atomic E-state index is -1.44. The Kier molecular flexibility index (Phi) is 15.6. The molecular weight excluding hydrogens is 384 g/mol. The average Bonchev–Trinajstić information content (AvgIpc) is 2.62. The first-order valence-electron chi connectivity index (χ1n) is 9.00. The van der Waals surface area contributed by atoms with Gasteiger partial charge in [0.15, 0.2) is 11.1 Å². The van der Waals surface area contributed by atoms with E-state index in [1.807, 2.05) is 12.2 Å². The highest BCUT2D eigenvalue weighted by Crippen LogP contribution is 2.14. The highest BCUT2D eigenvalue weighted by atomic mass is 32.2. The van der Waals surface area contributed by atoms with Gasteiger partial charge in [-0.2, -0.15) is 4.65 Å². The molecule has 8 heteroatoms. The van der Waals surface area contributed by atoms with Gasteiger partial charge in [0.2, 0.25) is 11.1 Å². The van der Waals surface area contributed by atoms with Crippen LogP contribution in [0.5, 0.6) is 0 Å². The molecule has 0 aromatic rings. The van der Waals surface area contributed by atoms with Gasteiger partial charge in [0.25, 0.3) is 0 Å². The Hall–Kier alpha value is -0.900. The van der Waals surface area contributed by atoms with Gasteiger partial charge in [-0.1, -0.05) is 29.6 Å². The summed E-state index contributed by atoms with van der Waals surface area (Å²) in [6, 6.07) is 0. The summed E-state index contributed by atoms with van der Waals surface area (Å²) in [4.78, 5) is 2.17. The van der Waals surface area contributed by atoms with Crippen LogP contribution < -0.4 is 0 Å². The molecule has 0 saturated heterocycles. The van der Waals surface area contributed by atoms with Gasteiger partial charge in [-0.25, -0.2) is 8.42 Å². The lowest BCUT2D eigenvalue weighted by atomic mass is 10.3. The second-order valence-electron chi connectivity index (χ2n) is 6.03. The van der Waals surface area contributed by atoms with Gasteiger partial charge in [-0.15, -0.1) is 13.2 Å². The minimum Gasteiger partial charge on any atom is -0.296 e. The predicted octanol–water partition coefficient (Wildman–Crippen LogP) is 2.53. The SMILES string of the molecule is C=CCN(CC=C)CCCS(=O)O[N+](CC=C)(CC=C)CCCS(=O)OC. The van der Waals surface area contributed by atoms with E-state index < -0.39 is 22.2 Å². The Labute approximate surface area is 170 Å². The van der Waals surface area contributed by atoms with Crippen molar-refractivity contribution >= 4 is 22.2 Å². The molecule has 156 valence electrons. The molecule has 0 fully saturated rings. The van der Waals surface area contributed by atoms with Crippen LogP contribution in [0.4, 0.5) is 0 Å². The van der Waals surface area contributed by atoms with Crippen molar-refractivity contribution in [2.75, 3.05) is 57.9 Å². The van der Waals surface area contributed by atoms with E-state index in [1.54, 1.807) is 12.2 Å². The third-order valence-electron chi connectivity index (χ3n) is 3.79. The minimum absolute atomic E-state index is 0.129. The summed E-state index contributed by atoms with van der Waals surface area (Å²) < 4.78 is 34.8. The average molecular weight is 420 g/mol. The molecule has 0 aromatic carbocycles. The Morgan fingerprint density at radius 3 is 1.93 bits per heavy atom. The first-order chi connectivity index (χ1) is 13.0. The van der Waals surface area contributed by atoms with E-state index in [-0.39, 0.29) is 4.65 Å². The number of hydroxylamine groups is 3. The zero-order valence-corrected chi connectivity index (χ0v) is 18.2. The van der Waals surface area contributed by atoms with Crippen LogP contribution in [0.2, 0.25) is 0 Å². The van der Waals surface area contributed by atoms with Crippen molar-refractivity contribution in [3.05, 3.63) is 50.6 Å².